The van der Waals surface area contributed by atoms with Crippen molar-refractivity contribution in [3.8, 4) is 0 Å². The minimum Gasteiger partial charge on any atom is -0.490 e. The van der Waals surface area contributed by atoms with Gasteiger partial charge in [-0.15, -0.1) is 0 Å². The molecule has 2 heterocycles. The third-order valence-corrected chi connectivity index (χ3v) is 5.67. The largest absolute Gasteiger partial charge is 0.490 e. The second kappa shape index (κ2) is 16.0. The van der Waals surface area contributed by atoms with E-state index in [0.717, 1.165) is 0 Å². The van der Waals surface area contributed by atoms with Gasteiger partial charge in [0.15, 0.2) is 23.7 Å². The first kappa shape index (κ1) is 32.0. The summed E-state index contributed by atoms with van der Waals surface area (Å²) in [6.45, 7) is 2.16. The molecule has 0 amide bonds. The van der Waals surface area contributed by atoms with E-state index in [9.17, 15) is 29.4 Å². The molecule has 0 aliphatic carbocycles. The quantitative estimate of drug-likeness (QED) is 0.0978. The van der Waals surface area contributed by atoms with Crippen LogP contribution < -0.4 is 0 Å². The highest BCUT2D eigenvalue weighted by molar-refractivity contribution is 5.93. The molecule has 14 heteroatoms. The highest BCUT2D eigenvalue weighted by Gasteiger charge is 2.43. The SMILES string of the molecule is CCOC1=C(OC(=O)CCCCCCCC(=O)OC2=C(OCC)[C@@H]([C@@H](O)CO)OC2=O)C(=O)O[C@@H]1[C@@H](O)CO. The van der Waals surface area contributed by atoms with Crippen LogP contribution in [0.15, 0.2) is 23.0 Å². The molecule has 2 rings (SSSR count). The number of unbranched alkanes of at least 4 members (excludes halogenated alkanes) is 4. The maximum Gasteiger partial charge on any atom is 0.378 e. The van der Waals surface area contributed by atoms with Gasteiger partial charge in [-0.2, -0.15) is 0 Å². The molecule has 2 aliphatic rings. The van der Waals surface area contributed by atoms with Crippen LogP contribution in [0.2, 0.25) is 0 Å². The molecule has 220 valence electrons. The Labute approximate surface area is 225 Å². The van der Waals surface area contributed by atoms with Gasteiger partial charge < -0.3 is 48.8 Å². The Bertz CT molecular complexity index is 865. The van der Waals surface area contributed by atoms with Crippen LogP contribution in [0.5, 0.6) is 0 Å². The summed E-state index contributed by atoms with van der Waals surface area (Å²) < 4.78 is 30.7. The molecule has 39 heavy (non-hydrogen) atoms. The predicted molar refractivity (Wildman–Crippen MR) is 128 cm³/mol. The Kier molecular flexibility index (Phi) is 13.2. The van der Waals surface area contributed by atoms with Crippen LogP contribution in [0.25, 0.3) is 0 Å². The molecular weight excluding hydrogens is 524 g/mol. The van der Waals surface area contributed by atoms with Crippen LogP contribution in [0.1, 0.15) is 58.8 Å². The Morgan fingerprint density at radius 2 is 1.08 bits per heavy atom. The summed E-state index contributed by atoms with van der Waals surface area (Å²) in [4.78, 5) is 48.5. The smallest absolute Gasteiger partial charge is 0.378 e. The highest BCUT2D eigenvalue weighted by Crippen LogP contribution is 2.29. The molecule has 0 spiro atoms. The molecule has 4 N–H and O–H groups in total. The molecule has 0 radical (unpaired) electrons. The van der Waals surface area contributed by atoms with Crippen molar-refractivity contribution in [3.05, 3.63) is 23.0 Å². The van der Waals surface area contributed by atoms with Gasteiger partial charge in [0.2, 0.25) is 0 Å². The molecule has 14 nitrogen and oxygen atoms in total. The van der Waals surface area contributed by atoms with Gasteiger partial charge in [0.05, 0.1) is 26.4 Å². The fourth-order valence-corrected chi connectivity index (χ4v) is 3.79. The van der Waals surface area contributed by atoms with Crippen molar-refractivity contribution in [2.24, 2.45) is 0 Å². The molecule has 0 aromatic rings. The number of hydrogen-bond donors (Lipinski definition) is 4. The van der Waals surface area contributed by atoms with Crippen LogP contribution in [0.3, 0.4) is 0 Å². The minimum atomic E-state index is -1.42. The average Bonchev–Trinajstić information content (AvgIpc) is 3.38. The van der Waals surface area contributed by atoms with E-state index in [1.807, 2.05) is 0 Å². The summed E-state index contributed by atoms with van der Waals surface area (Å²) in [5.74, 6) is -4.47. The van der Waals surface area contributed by atoms with E-state index in [4.69, 9.17) is 38.6 Å². The van der Waals surface area contributed by atoms with Crippen LogP contribution in [-0.2, 0) is 47.6 Å². The van der Waals surface area contributed by atoms with E-state index in [1.54, 1.807) is 13.8 Å². The van der Waals surface area contributed by atoms with Gasteiger partial charge in [0, 0.05) is 12.8 Å². The van der Waals surface area contributed by atoms with Crippen LogP contribution in [0.4, 0.5) is 0 Å². The Balaban J connectivity index is 1.72. The van der Waals surface area contributed by atoms with E-state index >= 15 is 0 Å². The molecule has 0 bridgehead atoms. The molecule has 0 aromatic heterocycles. The Hall–Kier alpha value is -3.20. The van der Waals surface area contributed by atoms with Crippen molar-refractivity contribution in [1.29, 1.82) is 0 Å². The van der Waals surface area contributed by atoms with E-state index in [2.05, 4.69) is 0 Å². The number of rotatable bonds is 18. The van der Waals surface area contributed by atoms with Gasteiger partial charge in [-0.05, 0) is 26.7 Å². The van der Waals surface area contributed by atoms with Crippen molar-refractivity contribution in [1.82, 2.24) is 0 Å². The summed E-state index contributed by atoms with van der Waals surface area (Å²) in [5, 5.41) is 37.8. The molecule has 4 atom stereocenters. The summed E-state index contributed by atoms with van der Waals surface area (Å²) >= 11 is 0. The molecular formula is C25H36O14. The number of hydrogen-bond acceptors (Lipinski definition) is 14. The summed E-state index contributed by atoms with van der Waals surface area (Å²) in [6.07, 6.45) is -2.52. The van der Waals surface area contributed by atoms with Gasteiger partial charge in [0.1, 0.15) is 12.2 Å². The first-order valence-corrected chi connectivity index (χ1v) is 12.8. The van der Waals surface area contributed by atoms with Crippen LogP contribution >= 0.6 is 0 Å². The standard InChI is InChI=1S/C25H36O14/c1-3-34-20-18(14(28)12-26)38-24(32)22(20)36-16(30)10-8-6-5-7-9-11-17(31)37-23-21(35-4-2)19(15(29)13-27)39-25(23)33/h14-15,18-19,26-29H,3-13H2,1-2H3/t14-,15-,18+,19+/m0/s1. The summed E-state index contributed by atoms with van der Waals surface area (Å²) in [6, 6.07) is 0. The first-order valence-electron chi connectivity index (χ1n) is 12.8. The van der Waals surface area contributed by atoms with Crippen molar-refractivity contribution in [2.45, 2.75) is 83.2 Å². The molecule has 0 saturated carbocycles. The number of carbonyl (C=O) groups is 4. The number of cyclic esters (lactones) is 2. The maximum absolute atomic E-state index is 12.2. The number of aliphatic hydroxyl groups is 4. The lowest BCUT2D eigenvalue weighted by molar-refractivity contribution is -0.153. The molecule has 0 aromatic carbocycles. The summed E-state index contributed by atoms with van der Waals surface area (Å²) in [5.41, 5.74) is 0. The topological polar surface area (TPSA) is 205 Å². The Morgan fingerprint density at radius 1 is 0.718 bits per heavy atom. The fourth-order valence-electron chi connectivity index (χ4n) is 3.79. The number of esters is 4. The predicted octanol–water partition coefficient (Wildman–Crippen LogP) is -0.143. The third kappa shape index (κ3) is 8.92. The number of aliphatic hydroxyl groups excluding tert-OH is 4. The lowest BCUT2D eigenvalue weighted by Gasteiger charge is -2.17. The lowest BCUT2D eigenvalue weighted by atomic mass is 10.1. The van der Waals surface area contributed by atoms with E-state index in [0.29, 0.717) is 32.1 Å². The number of carbonyl (C=O) groups excluding carboxylic acids is 4. The highest BCUT2D eigenvalue weighted by atomic mass is 16.6. The Morgan fingerprint density at radius 3 is 1.41 bits per heavy atom. The van der Waals surface area contributed by atoms with Crippen molar-refractivity contribution in [2.75, 3.05) is 26.4 Å². The van der Waals surface area contributed by atoms with Crippen molar-refractivity contribution >= 4 is 23.9 Å². The van der Waals surface area contributed by atoms with E-state index < -0.39 is 73.0 Å². The zero-order chi connectivity index (χ0) is 28.9. The van der Waals surface area contributed by atoms with Gasteiger partial charge in [0.25, 0.3) is 11.5 Å². The summed E-state index contributed by atoms with van der Waals surface area (Å²) in [7, 11) is 0. The van der Waals surface area contributed by atoms with Crippen LogP contribution in [-0.4, -0.2) is 95.1 Å². The average molecular weight is 561 g/mol. The van der Waals surface area contributed by atoms with Gasteiger partial charge in [-0.25, -0.2) is 9.59 Å². The second-order valence-electron chi connectivity index (χ2n) is 8.62. The molecule has 2 aliphatic heterocycles. The first-order chi connectivity index (χ1) is 18.7. The van der Waals surface area contributed by atoms with Crippen LogP contribution in [0, 0.1) is 0 Å². The normalized spacial score (nSPS) is 20.5. The van der Waals surface area contributed by atoms with Gasteiger partial charge >= 0.3 is 23.9 Å². The van der Waals surface area contributed by atoms with Gasteiger partial charge in [-0.1, -0.05) is 19.3 Å². The molecule has 0 unspecified atom stereocenters. The molecule has 0 fully saturated rings. The zero-order valence-corrected chi connectivity index (χ0v) is 22.0. The second-order valence-corrected chi connectivity index (χ2v) is 8.62. The van der Waals surface area contributed by atoms with E-state index in [1.165, 1.54) is 0 Å². The van der Waals surface area contributed by atoms with Crippen molar-refractivity contribution < 1.29 is 68.0 Å². The lowest BCUT2D eigenvalue weighted by Crippen LogP contribution is -2.32. The third-order valence-electron chi connectivity index (χ3n) is 5.67. The monoisotopic (exact) mass is 560 g/mol. The van der Waals surface area contributed by atoms with Crippen molar-refractivity contribution in [3.63, 3.8) is 0 Å². The minimum absolute atomic E-state index is 0.00275. The van der Waals surface area contributed by atoms with Gasteiger partial charge in [-0.3, -0.25) is 9.59 Å². The maximum atomic E-state index is 12.2. The fraction of sp³-hybridized carbons (Fsp3) is 0.680. The van der Waals surface area contributed by atoms with E-state index in [-0.39, 0.29) is 37.6 Å². The number of ether oxygens (including phenoxy) is 6. The zero-order valence-electron chi connectivity index (χ0n) is 22.0. The molecule has 0 saturated heterocycles.